The van der Waals surface area contributed by atoms with Crippen molar-refractivity contribution >= 4 is 28.4 Å². The normalized spacial score (nSPS) is 11.1. The second-order valence-corrected chi connectivity index (χ2v) is 7.72. The van der Waals surface area contributed by atoms with E-state index in [0.29, 0.717) is 10.4 Å². The second kappa shape index (κ2) is 7.96. The number of thiophene rings is 1. The molecular formula is C19H22FNO5S. The Kier molecular flexibility index (Phi) is 6.10. The molecule has 0 radical (unpaired) electrons. The van der Waals surface area contributed by atoms with Crippen LogP contribution in [0.3, 0.4) is 0 Å². The van der Waals surface area contributed by atoms with Gasteiger partial charge in [-0.2, -0.15) is 0 Å². The van der Waals surface area contributed by atoms with E-state index in [0.717, 1.165) is 11.3 Å². The molecule has 0 aliphatic heterocycles. The van der Waals surface area contributed by atoms with Gasteiger partial charge in [0.1, 0.15) is 10.6 Å². The zero-order valence-corrected chi connectivity index (χ0v) is 16.9. The minimum atomic E-state index is -0.716. The van der Waals surface area contributed by atoms with Crippen LogP contribution in [0.5, 0.6) is 5.75 Å². The number of halogens is 1. The van der Waals surface area contributed by atoms with E-state index >= 15 is 0 Å². The Morgan fingerprint density at radius 1 is 1.19 bits per heavy atom. The fourth-order valence-corrected chi connectivity index (χ4v) is 3.65. The van der Waals surface area contributed by atoms with Crippen LogP contribution in [0, 0.1) is 12.7 Å². The van der Waals surface area contributed by atoms with Crippen LogP contribution >= 0.6 is 11.3 Å². The summed E-state index contributed by atoms with van der Waals surface area (Å²) in [6, 6.07) is 4.73. The molecule has 1 N–H and O–H groups in total. The molecule has 0 aliphatic rings. The number of amides is 1. The second-order valence-electron chi connectivity index (χ2n) is 6.70. The average Bonchev–Trinajstić information content (AvgIpc) is 2.88. The first-order valence-corrected chi connectivity index (χ1v) is 8.95. The summed E-state index contributed by atoms with van der Waals surface area (Å²) in [5.74, 6) is -1.10. The van der Waals surface area contributed by atoms with Crippen LogP contribution < -0.4 is 10.1 Å². The zero-order chi connectivity index (χ0) is 20.4. The highest BCUT2D eigenvalue weighted by Crippen LogP contribution is 2.42. The van der Waals surface area contributed by atoms with E-state index in [-0.39, 0.29) is 21.9 Å². The predicted octanol–water partition coefficient (Wildman–Crippen LogP) is 5.00. The van der Waals surface area contributed by atoms with Crippen molar-refractivity contribution in [2.24, 2.45) is 0 Å². The molecule has 0 saturated carbocycles. The van der Waals surface area contributed by atoms with Crippen LogP contribution in [-0.4, -0.2) is 31.9 Å². The van der Waals surface area contributed by atoms with Gasteiger partial charge >= 0.3 is 12.1 Å². The fraction of sp³-hybridized carbons (Fsp3) is 0.368. The van der Waals surface area contributed by atoms with Gasteiger partial charge in [0.2, 0.25) is 0 Å². The van der Waals surface area contributed by atoms with Gasteiger partial charge in [0.15, 0.2) is 11.6 Å². The van der Waals surface area contributed by atoms with E-state index in [2.05, 4.69) is 5.32 Å². The largest absolute Gasteiger partial charge is 0.494 e. The van der Waals surface area contributed by atoms with Crippen molar-refractivity contribution in [2.75, 3.05) is 19.5 Å². The molecule has 27 heavy (non-hydrogen) atoms. The average molecular weight is 395 g/mol. The maximum Gasteiger partial charge on any atom is 0.412 e. The number of methoxy groups -OCH3 is 2. The van der Waals surface area contributed by atoms with Gasteiger partial charge in [0.25, 0.3) is 0 Å². The molecule has 8 heteroatoms. The number of hydrogen-bond donors (Lipinski definition) is 1. The first-order valence-electron chi connectivity index (χ1n) is 8.13. The molecule has 0 unspecified atom stereocenters. The minimum absolute atomic E-state index is 0.0848. The molecule has 0 fully saturated rings. The lowest BCUT2D eigenvalue weighted by atomic mass is 10.1. The molecule has 2 rings (SSSR count). The van der Waals surface area contributed by atoms with Gasteiger partial charge in [-0.3, -0.25) is 5.32 Å². The summed E-state index contributed by atoms with van der Waals surface area (Å²) in [4.78, 5) is 24.9. The Morgan fingerprint density at radius 3 is 2.41 bits per heavy atom. The van der Waals surface area contributed by atoms with Crippen LogP contribution in [0.4, 0.5) is 14.2 Å². The third kappa shape index (κ3) is 4.57. The molecule has 2 aromatic rings. The molecule has 1 amide bonds. The third-order valence-electron chi connectivity index (χ3n) is 3.58. The summed E-state index contributed by atoms with van der Waals surface area (Å²) in [5, 5.41) is 2.79. The number of rotatable bonds is 4. The highest BCUT2D eigenvalue weighted by atomic mass is 32.1. The van der Waals surface area contributed by atoms with E-state index in [4.69, 9.17) is 14.2 Å². The standard InChI is InChI=1S/C19H22FNO5S/c1-10-13(17(22)25-6)16(21-18(23)26-19(2,3)4)27-15(10)11-8-7-9-12(24-5)14(11)20/h7-9H,1-6H3,(H,21,23). The summed E-state index contributed by atoms with van der Waals surface area (Å²) in [5.41, 5.74) is 0.207. The number of carbonyl (C=O) groups excluding carboxylic acids is 2. The van der Waals surface area contributed by atoms with Gasteiger partial charge in [0, 0.05) is 10.4 Å². The lowest BCUT2D eigenvalue weighted by Gasteiger charge is -2.19. The summed E-state index contributed by atoms with van der Waals surface area (Å²) in [6.45, 7) is 6.84. The molecule has 0 saturated heterocycles. The Hall–Kier alpha value is -2.61. The summed E-state index contributed by atoms with van der Waals surface area (Å²) in [6.07, 6.45) is -0.716. The highest BCUT2D eigenvalue weighted by molar-refractivity contribution is 7.20. The number of esters is 1. The number of benzene rings is 1. The van der Waals surface area contributed by atoms with Gasteiger partial charge in [-0.1, -0.05) is 12.1 Å². The molecular weight excluding hydrogens is 373 g/mol. The molecule has 146 valence electrons. The Bertz CT molecular complexity index is 870. The van der Waals surface area contributed by atoms with Crippen LogP contribution in [0.1, 0.15) is 36.7 Å². The fourth-order valence-electron chi connectivity index (χ4n) is 2.45. The maximum atomic E-state index is 14.7. The van der Waals surface area contributed by atoms with Crippen molar-refractivity contribution in [3.05, 3.63) is 35.1 Å². The number of carbonyl (C=O) groups is 2. The van der Waals surface area contributed by atoms with Crippen molar-refractivity contribution < 1.29 is 28.2 Å². The van der Waals surface area contributed by atoms with E-state index in [1.807, 2.05) is 0 Å². The van der Waals surface area contributed by atoms with Crippen LogP contribution in [-0.2, 0) is 9.47 Å². The van der Waals surface area contributed by atoms with Gasteiger partial charge in [-0.25, -0.2) is 14.0 Å². The first kappa shape index (κ1) is 20.7. The predicted molar refractivity (Wildman–Crippen MR) is 102 cm³/mol. The highest BCUT2D eigenvalue weighted by Gasteiger charge is 2.27. The van der Waals surface area contributed by atoms with Gasteiger partial charge in [0.05, 0.1) is 19.8 Å². The van der Waals surface area contributed by atoms with Crippen LogP contribution in [0.25, 0.3) is 10.4 Å². The van der Waals surface area contributed by atoms with E-state index in [1.54, 1.807) is 39.8 Å². The number of nitrogens with one attached hydrogen (secondary N) is 1. The topological polar surface area (TPSA) is 73.9 Å². The summed E-state index contributed by atoms with van der Waals surface area (Å²) in [7, 11) is 2.61. The SMILES string of the molecule is COC(=O)c1c(NC(=O)OC(C)(C)C)sc(-c2cccc(OC)c2F)c1C. The molecule has 1 aromatic heterocycles. The van der Waals surface area contributed by atoms with E-state index in [1.165, 1.54) is 20.3 Å². The molecule has 0 aliphatic carbocycles. The minimum Gasteiger partial charge on any atom is -0.494 e. The molecule has 0 spiro atoms. The Balaban J connectivity index is 2.54. The quantitative estimate of drug-likeness (QED) is 0.737. The first-order chi connectivity index (χ1) is 12.6. The lowest BCUT2D eigenvalue weighted by molar-refractivity contribution is 0.0601. The number of hydrogen-bond acceptors (Lipinski definition) is 6. The van der Waals surface area contributed by atoms with Crippen molar-refractivity contribution in [3.63, 3.8) is 0 Å². The molecule has 1 heterocycles. The van der Waals surface area contributed by atoms with Gasteiger partial charge in [-0.05, 0) is 39.3 Å². The van der Waals surface area contributed by atoms with Crippen molar-refractivity contribution in [2.45, 2.75) is 33.3 Å². The van der Waals surface area contributed by atoms with Crippen molar-refractivity contribution in [3.8, 4) is 16.2 Å². The van der Waals surface area contributed by atoms with Crippen LogP contribution in [0.15, 0.2) is 18.2 Å². The molecule has 1 aromatic carbocycles. The van der Waals surface area contributed by atoms with Crippen LogP contribution in [0.2, 0.25) is 0 Å². The van der Waals surface area contributed by atoms with Crippen molar-refractivity contribution in [1.82, 2.24) is 0 Å². The van der Waals surface area contributed by atoms with E-state index < -0.39 is 23.5 Å². The van der Waals surface area contributed by atoms with Gasteiger partial charge < -0.3 is 14.2 Å². The summed E-state index contributed by atoms with van der Waals surface area (Å²) < 4.78 is 29.8. The number of anilines is 1. The monoisotopic (exact) mass is 395 g/mol. The molecule has 6 nitrogen and oxygen atoms in total. The smallest absolute Gasteiger partial charge is 0.412 e. The zero-order valence-electron chi connectivity index (χ0n) is 16.1. The lowest BCUT2D eigenvalue weighted by Crippen LogP contribution is -2.27. The molecule has 0 bridgehead atoms. The Morgan fingerprint density at radius 2 is 1.85 bits per heavy atom. The Labute approximate surface area is 161 Å². The number of ether oxygens (including phenoxy) is 3. The van der Waals surface area contributed by atoms with Gasteiger partial charge in [-0.15, -0.1) is 11.3 Å². The van der Waals surface area contributed by atoms with E-state index in [9.17, 15) is 14.0 Å². The molecule has 0 atom stereocenters. The van der Waals surface area contributed by atoms with Crippen molar-refractivity contribution in [1.29, 1.82) is 0 Å². The third-order valence-corrected chi connectivity index (χ3v) is 4.82. The maximum absolute atomic E-state index is 14.7. The summed E-state index contributed by atoms with van der Waals surface area (Å²) >= 11 is 1.06.